The lowest BCUT2D eigenvalue weighted by Crippen LogP contribution is -2.02. The van der Waals surface area contributed by atoms with Gasteiger partial charge >= 0.3 is 5.97 Å². The molecular weight excluding hydrogens is 267 g/mol. The molecule has 0 radical (unpaired) electrons. The predicted octanol–water partition coefficient (Wildman–Crippen LogP) is 3.68. The summed E-state index contributed by atoms with van der Waals surface area (Å²) in [5.74, 6) is -0.787. The molecular formula is C10H10BrClO2. The lowest BCUT2D eigenvalue weighted by atomic mass is 9.98. The quantitative estimate of drug-likeness (QED) is 0.915. The molecule has 0 amide bonds. The molecule has 1 aromatic carbocycles. The fraction of sp³-hybridized carbons (Fsp3) is 0.300. The van der Waals surface area contributed by atoms with Crippen molar-refractivity contribution in [3.8, 4) is 0 Å². The number of carboxylic acids is 1. The molecule has 0 aliphatic rings. The lowest BCUT2D eigenvalue weighted by molar-refractivity contribution is -0.137. The Bertz CT molecular complexity index is 352. The highest BCUT2D eigenvalue weighted by Gasteiger charge is 2.10. The summed E-state index contributed by atoms with van der Waals surface area (Å²) in [6.07, 6.45) is 0.133. The zero-order chi connectivity index (χ0) is 10.7. The Morgan fingerprint density at radius 3 is 2.79 bits per heavy atom. The van der Waals surface area contributed by atoms with Crippen molar-refractivity contribution >= 4 is 33.5 Å². The van der Waals surface area contributed by atoms with Crippen LogP contribution in [0.25, 0.3) is 0 Å². The summed E-state index contributed by atoms with van der Waals surface area (Å²) in [4.78, 5) is 10.5. The van der Waals surface area contributed by atoms with E-state index in [1.165, 1.54) is 0 Å². The molecule has 1 aromatic rings. The molecule has 0 aliphatic carbocycles. The van der Waals surface area contributed by atoms with E-state index < -0.39 is 5.97 Å². The molecule has 0 aliphatic heterocycles. The third kappa shape index (κ3) is 3.00. The zero-order valence-corrected chi connectivity index (χ0v) is 9.97. The smallest absolute Gasteiger partial charge is 0.303 e. The van der Waals surface area contributed by atoms with E-state index in [0.29, 0.717) is 5.02 Å². The summed E-state index contributed by atoms with van der Waals surface area (Å²) in [7, 11) is 0. The van der Waals surface area contributed by atoms with Crippen molar-refractivity contribution in [3.05, 3.63) is 33.3 Å². The Balaban J connectivity index is 2.85. The summed E-state index contributed by atoms with van der Waals surface area (Å²) < 4.78 is 0.800. The summed E-state index contributed by atoms with van der Waals surface area (Å²) in [6, 6.07) is 5.47. The van der Waals surface area contributed by atoms with E-state index in [1.807, 2.05) is 19.1 Å². The molecule has 14 heavy (non-hydrogen) atoms. The number of benzene rings is 1. The van der Waals surface area contributed by atoms with Gasteiger partial charge in [0, 0.05) is 4.47 Å². The lowest BCUT2D eigenvalue weighted by Gasteiger charge is -2.09. The van der Waals surface area contributed by atoms with E-state index in [9.17, 15) is 4.79 Å². The van der Waals surface area contributed by atoms with Crippen molar-refractivity contribution < 1.29 is 9.90 Å². The van der Waals surface area contributed by atoms with E-state index in [4.69, 9.17) is 16.7 Å². The molecule has 0 fully saturated rings. The third-order valence-corrected chi connectivity index (χ3v) is 3.21. The number of rotatable bonds is 3. The normalized spacial score (nSPS) is 12.5. The SMILES string of the molecule is CC(CC(=O)O)c1ccc(Cl)c(Br)c1. The summed E-state index contributed by atoms with van der Waals surface area (Å²) in [5, 5.41) is 9.27. The van der Waals surface area contributed by atoms with Gasteiger partial charge in [-0.05, 0) is 39.5 Å². The first-order chi connectivity index (χ1) is 6.50. The average molecular weight is 278 g/mol. The average Bonchev–Trinajstić information content (AvgIpc) is 2.08. The monoisotopic (exact) mass is 276 g/mol. The maximum Gasteiger partial charge on any atom is 0.303 e. The number of hydrogen-bond acceptors (Lipinski definition) is 1. The molecule has 1 rings (SSSR count). The molecule has 1 N–H and O–H groups in total. The molecule has 0 spiro atoms. The van der Waals surface area contributed by atoms with Gasteiger partial charge in [-0.3, -0.25) is 4.79 Å². The van der Waals surface area contributed by atoms with Crippen LogP contribution in [0.15, 0.2) is 22.7 Å². The maximum absolute atomic E-state index is 10.5. The van der Waals surface area contributed by atoms with E-state index in [1.54, 1.807) is 6.07 Å². The molecule has 0 aromatic heterocycles. The summed E-state index contributed by atoms with van der Waals surface area (Å²) in [6.45, 7) is 1.88. The Hall–Kier alpha value is -0.540. The Labute approximate surface area is 96.0 Å². The van der Waals surface area contributed by atoms with Crippen LogP contribution in [0.5, 0.6) is 0 Å². The maximum atomic E-state index is 10.5. The molecule has 0 bridgehead atoms. The van der Waals surface area contributed by atoms with Crippen LogP contribution in [0.4, 0.5) is 0 Å². The number of aliphatic carboxylic acids is 1. The Morgan fingerprint density at radius 2 is 2.29 bits per heavy atom. The van der Waals surface area contributed by atoms with Crippen LogP contribution in [0.2, 0.25) is 5.02 Å². The minimum atomic E-state index is -0.788. The third-order valence-electron chi connectivity index (χ3n) is 1.99. The highest BCUT2D eigenvalue weighted by Crippen LogP contribution is 2.28. The first-order valence-electron chi connectivity index (χ1n) is 4.17. The van der Waals surface area contributed by atoms with Gasteiger partial charge in [0.1, 0.15) is 0 Å². The number of hydrogen-bond donors (Lipinski definition) is 1. The molecule has 4 heteroatoms. The van der Waals surface area contributed by atoms with Crippen molar-refractivity contribution in [2.45, 2.75) is 19.3 Å². The molecule has 2 nitrogen and oxygen atoms in total. The summed E-state index contributed by atoms with van der Waals surface area (Å²) >= 11 is 9.13. The van der Waals surface area contributed by atoms with E-state index in [0.717, 1.165) is 10.0 Å². The van der Waals surface area contributed by atoms with Crippen LogP contribution in [0.3, 0.4) is 0 Å². The van der Waals surface area contributed by atoms with Crippen LogP contribution < -0.4 is 0 Å². The zero-order valence-electron chi connectivity index (χ0n) is 7.63. The Morgan fingerprint density at radius 1 is 1.64 bits per heavy atom. The van der Waals surface area contributed by atoms with E-state index in [2.05, 4.69) is 15.9 Å². The van der Waals surface area contributed by atoms with Gasteiger partial charge in [-0.25, -0.2) is 0 Å². The van der Waals surface area contributed by atoms with Gasteiger partial charge < -0.3 is 5.11 Å². The minimum Gasteiger partial charge on any atom is -0.481 e. The van der Waals surface area contributed by atoms with E-state index in [-0.39, 0.29) is 12.3 Å². The molecule has 1 atom stereocenters. The number of carboxylic acid groups (broad SMARTS) is 1. The van der Waals surface area contributed by atoms with Gasteiger partial charge in [-0.15, -0.1) is 0 Å². The molecule has 1 unspecified atom stereocenters. The molecule has 0 saturated carbocycles. The van der Waals surface area contributed by atoms with Gasteiger partial charge in [0.25, 0.3) is 0 Å². The van der Waals surface area contributed by atoms with E-state index >= 15 is 0 Å². The standard InChI is InChI=1S/C10H10BrClO2/c1-6(4-10(13)14)7-2-3-9(12)8(11)5-7/h2-3,5-6H,4H2,1H3,(H,13,14). The number of halogens is 2. The van der Waals surface area contributed by atoms with Crippen molar-refractivity contribution in [2.75, 3.05) is 0 Å². The van der Waals surface area contributed by atoms with Crippen molar-refractivity contribution in [2.24, 2.45) is 0 Å². The number of carbonyl (C=O) groups is 1. The first-order valence-corrected chi connectivity index (χ1v) is 5.34. The van der Waals surface area contributed by atoms with Crippen molar-refractivity contribution in [3.63, 3.8) is 0 Å². The Kier molecular flexibility index (Phi) is 3.96. The van der Waals surface area contributed by atoms with Gasteiger partial charge in [-0.2, -0.15) is 0 Å². The predicted molar refractivity (Wildman–Crippen MR) is 59.8 cm³/mol. The van der Waals surface area contributed by atoms with Crippen LogP contribution in [-0.4, -0.2) is 11.1 Å². The molecule has 76 valence electrons. The highest BCUT2D eigenvalue weighted by molar-refractivity contribution is 9.10. The van der Waals surface area contributed by atoms with Gasteiger partial charge in [0.15, 0.2) is 0 Å². The molecule has 0 saturated heterocycles. The largest absolute Gasteiger partial charge is 0.481 e. The van der Waals surface area contributed by atoms with Gasteiger partial charge in [0.2, 0.25) is 0 Å². The molecule has 0 heterocycles. The van der Waals surface area contributed by atoms with Crippen LogP contribution in [-0.2, 0) is 4.79 Å². The topological polar surface area (TPSA) is 37.3 Å². The first kappa shape index (κ1) is 11.5. The van der Waals surface area contributed by atoms with Crippen LogP contribution in [0, 0.1) is 0 Å². The van der Waals surface area contributed by atoms with Gasteiger partial charge in [0.05, 0.1) is 11.4 Å². The fourth-order valence-electron chi connectivity index (χ4n) is 1.20. The van der Waals surface area contributed by atoms with Crippen LogP contribution >= 0.6 is 27.5 Å². The fourth-order valence-corrected chi connectivity index (χ4v) is 1.71. The summed E-state index contributed by atoms with van der Waals surface area (Å²) in [5.41, 5.74) is 0.976. The van der Waals surface area contributed by atoms with Crippen molar-refractivity contribution in [1.29, 1.82) is 0 Å². The highest BCUT2D eigenvalue weighted by atomic mass is 79.9. The minimum absolute atomic E-state index is 0.000988. The van der Waals surface area contributed by atoms with Gasteiger partial charge in [-0.1, -0.05) is 24.6 Å². The second-order valence-electron chi connectivity index (χ2n) is 3.17. The van der Waals surface area contributed by atoms with Crippen molar-refractivity contribution in [1.82, 2.24) is 0 Å². The second-order valence-corrected chi connectivity index (χ2v) is 4.43. The second kappa shape index (κ2) is 4.80. The van der Waals surface area contributed by atoms with Crippen LogP contribution in [0.1, 0.15) is 24.8 Å².